The van der Waals surface area contributed by atoms with Gasteiger partial charge in [0.05, 0.1) is 5.52 Å². The van der Waals surface area contributed by atoms with Gasteiger partial charge in [-0.2, -0.15) is 0 Å². The van der Waals surface area contributed by atoms with Crippen molar-refractivity contribution < 1.29 is 9.18 Å². The quantitative estimate of drug-likeness (QED) is 0.662. The summed E-state index contributed by atoms with van der Waals surface area (Å²) in [5, 5.41) is 7.10. The monoisotopic (exact) mass is 365 g/mol. The van der Waals surface area contributed by atoms with Gasteiger partial charge in [-0.1, -0.05) is 12.1 Å². The first-order chi connectivity index (χ1) is 13.1. The van der Waals surface area contributed by atoms with Crippen molar-refractivity contribution in [2.24, 2.45) is 0 Å². The van der Waals surface area contributed by atoms with E-state index in [1.165, 1.54) is 12.4 Å². The number of anilines is 1. The number of fused-ring (bicyclic) bond motifs is 1. The van der Waals surface area contributed by atoms with E-state index < -0.39 is 0 Å². The number of nitrogen functional groups attached to an aromatic ring is 1. The Morgan fingerprint density at radius 3 is 2.96 bits per heavy atom. The molecule has 0 radical (unpaired) electrons. The second-order valence-corrected chi connectivity index (χ2v) is 6.73. The minimum atomic E-state index is -0.261. The number of nitrogens with two attached hydrogens (primary N) is 1. The van der Waals surface area contributed by atoms with Crippen molar-refractivity contribution in [3.8, 4) is 0 Å². The Bertz CT molecular complexity index is 993. The summed E-state index contributed by atoms with van der Waals surface area (Å²) in [5.74, 6) is -0.00831. The summed E-state index contributed by atoms with van der Waals surface area (Å²) in [6.45, 7) is 1.47. The van der Waals surface area contributed by atoms with E-state index in [1.807, 2.05) is 6.07 Å². The predicted molar refractivity (Wildman–Crippen MR) is 102 cm³/mol. The van der Waals surface area contributed by atoms with Gasteiger partial charge in [-0.15, -0.1) is 0 Å². The smallest absolute Gasteiger partial charge is 0.251 e. The minimum absolute atomic E-state index is 0.0596. The highest BCUT2D eigenvalue weighted by atomic mass is 19.1. The molecular formula is C20H20FN5O. The lowest BCUT2D eigenvalue weighted by atomic mass is 9.86. The van der Waals surface area contributed by atoms with Gasteiger partial charge < -0.3 is 16.4 Å². The highest BCUT2D eigenvalue weighted by Gasteiger charge is 2.28. The first kappa shape index (κ1) is 17.4. The van der Waals surface area contributed by atoms with Crippen LogP contribution in [0.3, 0.4) is 0 Å². The molecule has 27 heavy (non-hydrogen) atoms. The van der Waals surface area contributed by atoms with Gasteiger partial charge in [0.15, 0.2) is 0 Å². The summed E-state index contributed by atoms with van der Waals surface area (Å²) >= 11 is 0. The first-order valence-corrected chi connectivity index (χ1v) is 8.89. The number of amides is 1. The average molecular weight is 365 g/mol. The highest BCUT2D eigenvalue weighted by molar-refractivity contribution is 5.99. The zero-order valence-corrected chi connectivity index (χ0v) is 14.7. The van der Waals surface area contributed by atoms with E-state index in [4.69, 9.17) is 5.73 Å². The van der Waals surface area contributed by atoms with Crippen LogP contribution in [0.15, 0.2) is 48.8 Å². The Labute approximate surface area is 156 Å². The summed E-state index contributed by atoms with van der Waals surface area (Å²) in [6.07, 6.45) is 2.21. The number of halogens is 1. The maximum Gasteiger partial charge on any atom is 0.251 e. The molecule has 0 aliphatic carbocycles. The van der Waals surface area contributed by atoms with Gasteiger partial charge in [0, 0.05) is 29.5 Å². The predicted octanol–water partition coefficient (Wildman–Crippen LogP) is 2.23. The molecule has 7 heteroatoms. The molecule has 0 bridgehead atoms. The number of hydrogen-bond donors (Lipinski definition) is 3. The van der Waals surface area contributed by atoms with Crippen LogP contribution in [0.25, 0.3) is 10.9 Å². The van der Waals surface area contributed by atoms with Crippen LogP contribution in [0, 0.1) is 5.82 Å². The van der Waals surface area contributed by atoms with Crippen molar-refractivity contribution in [1.29, 1.82) is 0 Å². The van der Waals surface area contributed by atoms with Gasteiger partial charge in [-0.05, 0) is 48.9 Å². The first-order valence-electron chi connectivity index (χ1n) is 8.89. The van der Waals surface area contributed by atoms with E-state index >= 15 is 0 Å². The SMILES string of the molecule is Nc1ncnc2cc(C(=O)N[C@@H]3CNCC[C@@H]3c3cccc(F)c3)ccc12. The average Bonchev–Trinajstić information content (AvgIpc) is 2.68. The Balaban J connectivity index is 1.57. The van der Waals surface area contributed by atoms with Crippen LogP contribution in [0.2, 0.25) is 0 Å². The van der Waals surface area contributed by atoms with Crippen molar-refractivity contribution in [3.63, 3.8) is 0 Å². The van der Waals surface area contributed by atoms with Gasteiger partial charge in [-0.25, -0.2) is 14.4 Å². The molecule has 1 aliphatic heterocycles. The number of benzene rings is 2. The number of aromatic nitrogens is 2. The molecule has 4 N–H and O–H groups in total. The fourth-order valence-electron chi connectivity index (χ4n) is 3.62. The second kappa shape index (κ2) is 7.28. The number of nitrogens with zero attached hydrogens (tertiary/aromatic N) is 2. The summed E-state index contributed by atoms with van der Waals surface area (Å²) in [6, 6.07) is 11.6. The number of nitrogens with one attached hydrogen (secondary N) is 2. The molecule has 1 fully saturated rings. The molecule has 3 aromatic rings. The number of hydrogen-bond acceptors (Lipinski definition) is 5. The number of rotatable bonds is 3. The summed E-state index contributed by atoms with van der Waals surface area (Å²) < 4.78 is 13.6. The van der Waals surface area contributed by atoms with Crippen LogP contribution in [-0.4, -0.2) is 35.0 Å². The van der Waals surface area contributed by atoms with Crippen LogP contribution in [0.5, 0.6) is 0 Å². The molecule has 2 atom stereocenters. The molecule has 0 spiro atoms. The summed E-state index contributed by atoms with van der Waals surface area (Å²) in [5.41, 5.74) is 7.87. The normalized spacial score (nSPS) is 19.7. The zero-order chi connectivity index (χ0) is 18.8. The van der Waals surface area contributed by atoms with Gasteiger partial charge in [0.2, 0.25) is 0 Å². The van der Waals surface area contributed by atoms with E-state index in [2.05, 4.69) is 20.6 Å². The molecular weight excluding hydrogens is 345 g/mol. The maximum absolute atomic E-state index is 13.6. The van der Waals surface area contributed by atoms with Crippen molar-refractivity contribution >= 4 is 22.6 Å². The summed E-state index contributed by atoms with van der Waals surface area (Å²) in [4.78, 5) is 20.9. The zero-order valence-electron chi connectivity index (χ0n) is 14.7. The third-order valence-electron chi connectivity index (χ3n) is 5.00. The Kier molecular flexibility index (Phi) is 4.68. The van der Waals surface area contributed by atoms with E-state index in [0.29, 0.717) is 28.8 Å². The van der Waals surface area contributed by atoms with Crippen molar-refractivity contribution in [2.45, 2.75) is 18.4 Å². The van der Waals surface area contributed by atoms with Crippen molar-refractivity contribution in [3.05, 3.63) is 65.7 Å². The van der Waals surface area contributed by atoms with E-state index in [9.17, 15) is 9.18 Å². The largest absolute Gasteiger partial charge is 0.383 e. The molecule has 2 heterocycles. The van der Waals surface area contributed by atoms with Gasteiger partial charge in [0.25, 0.3) is 5.91 Å². The molecule has 1 saturated heterocycles. The molecule has 2 aromatic carbocycles. The van der Waals surface area contributed by atoms with Crippen LogP contribution in [0.1, 0.15) is 28.3 Å². The second-order valence-electron chi connectivity index (χ2n) is 6.73. The topological polar surface area (TPSA) is 92.9 Å². The molecule has 4 rings (SSSR count). The lowest BCUT2D eigenvalue weighted by Crippen LogP contribution is -2.50. The lowest BCUT2D eigenvalue weighted by Gasteiger charge is -2.33. The van der Waals surface area contributed by atoms with Crippen molar-refractivity contribution in [1.82, 2.24) is 20.6 Å². The Hall–Kier alpha value is -3.06. The minimum Gasteiger partial charge on any atom is -0.383 e. The number of piperidine rings is 1. The fourth-order valence-corrected chi connectivity index (χ4v) is 3.62. The van der Waals surface area contributed by atoms with E-state index in [1.54, 1.807) is 30.3 Å². The molecule has 6 nitrogen and oxygen atoms in total. The number of carbonyl (C=O) groups excluding carboxylic acids is 1. The van der Waals surface area contributed by atoms with Crippen LogP contribution < -0.4 is 16.4 Å². The molecule has 0 saturated carbocycles. The maximum atomic E-state index is 13.6. The Morgan fingerprint density at radius 1 is 1.22 bits per heavy atom. The van der Waals surface area contributed by atoms with E-state index in [0.717, 1.165) is 18.5 Å². The lowest BCUT2D eigenvalue weighted by molar-refractivity contribution is 0.0924. The Morgan fingerprint density at radius 2 is 2.11 bits per heavy atom. The van der Waals surface area contributed by atoms with Crippen LogP contribution in [-0.2, 0) is 0 Å². The van der Waals surface area contributed by atoms with Crippen molar-refractivity contribution in [2.75, 3.05) is 18.8 Å². The molecule has 0 unspecified atom stereocenters. The van der Waals surface area contributed by atoms with Gasteiger partial charge in [0.1, 0.15) is 18.0 Å². The third kappa shape index (κ3) is 3.59. The molecule has 1 amide bonds. The molecule has 138 valence electrons. The van der Waals surface area contributed by atoms with Gasteiger partial charge in [-0.3, -0.25) is 4.79 Å². The molecule has 1 aromatic heterocycles. The highest BCUT2D eigenvalue weighted by Crippen LogP contribution is 2.26. The van der Waals surface area contributed by atoms with Crippen LogP contribution >= 0.6 is 0 Å². The van der Waals surface area contributed by atoms with Crippen LogP contribution in [0.4, 0.5) is 10.2 Å². The van der Waals surface area contributed by atoms with E-state index in [-0.39, 0.29) is 23.7 Å². The fraction of sp³-hybridized carbons (Fsp3) is 0.250. The number of carbonyl (C=O) groups is 1. The summed E-state index contributed by atoms with van der Waals surface area (Å²) in [7, 11) is 0. The third-order valence-corrected chi connectivity index (χ3v) is 5.00. The standard InChI is InChI=1S/C20H20FN5O/c21-14-3-1-2-12(8-14)15-6-7-23-10-18(15)26-20(27)13-4-5-16-17(9-13)24-11-25-19(16)22/h1-5,8-9,11,15,18,23H,6-7,10H2,(H,26,27)(H2,22,24,25)/t15-,18-/m1/s1. The van der Waals surface area contributed by atoms with Gasteiger partial charge >= 0.3 is 0 Å². The molecule has 1 aliphatic rings.